The molecule has 156 valence electrons. The number of benzene rings is 1. The van der Waals surface area contributed by atoms with Crippen molar-refractivity contribution in [3.05, 3.63) is 29.8 Å². The lowest BCUT2D eigenvalue weighted by atomic mass is 9.90. The number of aliphatic imine (C=N–C) groups is 1. The van der Waals surface area contributed by atoms with Crippen LogP contribution < -0.4 is 10.1 Å². The number of sulfone groups is 1. The normalized spacial score (nSPS) is 12.3. The molecule has 0 amide bonds. The molecular weight excluding hydrogens is 477 g/mol. The highest BCUT2D eigenvalue weighted by molar-refractivity contribution is 14.0. The molecule has 1 aromatic rings. The number of rotatable bonds is 9. The maximum Gasteiger partial charge on any atom is 0.193 e. The average molecular weight is 511 g/mol. The standard InChI is InChI=1S/C19H33N3O3S.HI/c1-16-7-9-17(10-8-16)25-13-12-22(5)18(20-4)21-15-19(2,3)11-14-26(6,23)24;/h7-10H,11-15H2,1-6H3,(H,20,21);1H. The lowest BCUT2D eigenvalue weighted by molar-refractivity contribution is 0.278. The van der Waals surface area contributed by atoms with E-state index in [2.05, 4.69) is 24.2 Å². The van der Waals surface area contributed by atoms with Gasteiger partial charge in [-0.1, -0.05) is 31.5 Å². The van der Waals surface area contributed by atoms with Crippen molar-refractivity contribution in [3.8, 4) is 5.75 Å². The molecule has 0 saturated carbocycles. The molecule has 0 unspecified atom stereocenters. The first-order valence-electron chi connectivity index (χ1n) is 8.81. The molecular formula is C19H34IN3O3S. The van der Waals surface area contributed by atoms with E-state index in [1.165, 1.54) is 11.8 Å². The number of aryl methyl sites for hydroxylation is 1. The average Bonchev–Trinajstić information content (AvgIpc) is 2.55. The summed E-state index contributed by atoms with van der Waals surface area (Å²) in [5.74, 6) is 1.82. The lowest BCUT2D eigenvalue weighted by Gasteiger charge is -2.28. The van der Waals surface area contributed by atoms with Crippen LogP contribution in [0.25, 0.3) is 0 Å². The van der Waals surface area contributed by atoms with Crippen molar-refractivity contribution in [2.24, 2.45) is 10.4 Å². The second-order valence-electron chi connectivity index (χ2n) is 7.53. The van der Waals surface area contributed by atoms with Gasteiger partial charge in [-0.05, 0) is 30.9 Å². The maximum atomic E-state index is 11.4. The summed E-state index contributed by atoms with van der Waals surface area (Å²) in [6.45, 7) is 8.05. The number of hydrogen-bond donors (Lipinski definition) is 1. The van der Waals surface area contributed by atoms with Crippen LogP contribution in [0.3, 0.4) is 0 Å². The van der Waals surface area contributed by atoms with Crippen LogP contribution in [0, 0.1) is 12.3 Å². The molecule has 1 N–H and O–H groups in total. The van der Waals surface area contributed by atoms with E-state index >= 15 is 0 Å². The molecule has 0 radical (unpaired) electrons. The van der Waals surface area contributed by atoms with Crippen molar-refractivity contribution in [3.63, 3.8) is 0 Å². The molecule has 0 aliphatic heterocycles. The number of likely N-dealkylation sites (N-methyl/N-ethyl adjacent to an activating group) is 1. The first-order chi connectivity index (χ1) is 12.0. The van der Waals surface area contributed by atoms with Gasteiger partial charge >= 0.3 is 0 Å². The Balaban J connectivity index is 0.00000676. The first-order valence-corrected chi connectivity index (χ1v) is 10.9. The van der Waals surface area contributed by atoms with Crippen molar-refractivity contribution < 1.29 is 13.2 Å². The van der Waals surface area contributed by atoms with Gasteiger partial charge in [-0.2, -0.15) is 0 Å². The van der Waals surface area contributed by atoms with Crippen LogP contribution in [0.15, 0.2) is 29.3 Å². The monoisotopic (exact) mass is 511 g/mol. The van der Waals surface area contributed by atoms with Gasteiger partial charge < -0.3 is 15.0 Å². The molecule has 0 heterocycles. The van der Waals surface area contributed by atoms with Gasteiger partial charge in [0.15, 0.2) is 5.96 Å². The predicted octanol–water partition coefficient (Wildman–Crippen LogP) is 2.96. The van der Waals surface area contributed by atoms with Crippen LogP contribution >= 0.6 is 24.0 Å². The van der Waals surface area contributed by atoms with Gasteiger partial charge in [0.05, 0.1) is 12.3 Å². The molecule has 0 aromatic heterocycles. The molecule has 1 aromatic carbocycles. The quantitative estimate of drug-likeness (QED) is 0.314. The number of nitrogens with zero attached hydrogens (tertiary/aromatic N) is 2. The van der Waals surface area contributed by atoms with Crippen LogP contribution in [-0.4, -0.2) is 65.1 Å². The highest BCUT2D eigenvalue weighted by Gasteiger charge is 2.21. The second kappa shape index (κ2) is 11.7. The summed E-state index contributed by atoms with van der Waals surface area (Å²) in [4.78, 5) is 6.30. The molecule has 0 saturated heterocycles. The highest BCUT2D eigenvalue weighted by Crippen LogP contribution is 2.20. The second-order valence-corrected chi connectivity index (χ2v) is 9.79. The summed E-state index contributed by atoms with van der Waals surface area (Å²) in [5, 5.41) is 3.33. The summed E-state index contributed by atoms with van der Waals surface area (Å²) >= 11 is 0. The molecule has 0 spiro atoms. The zero-order valence-corrected chi connectivity index (χ0v) is 20.4. The molecule has 27 heavy (non-hydrogen) atoms. The SMILES string of the molecule is CN=C(NCC(C)(C)CCS(C)(=O)=O)N(C)CCOc1ccc(C)cc1.I. The summed E-state index contributed by atoms with van der Waals surface area (Å²) in [7, 11) is 0.751. The molecule has 8 heteroatoms. The number of guanidine groups is 1. The van der Waals surface area contributed by atoms with E-state index in [4.69, 9.17) is 4.74 Å². The Hall–Kier alpha value is -1.03. The fraction of sp³-hybridized carbons (Fsp3) is 0.632. The number of halogens is 1. The van der Waals surface area contributed by atoms with Gasteiger partial charge in [0, 0.05) is 26.9 Å². The maximum absolute atomic E-state index is 11.4. The molecule has 0 bridgehead atoms. The smallest absolute Gasteiger partial charge is 0.193 e. The van der Waals surface area contributed by atoms with Gasteiger partial charge in [-0.3, -0.25) is 4.99 Å². The van der Waals surface area contributed by atoms with Crippen molar-refractivity contribution in [1.82, 2.24) is 10.2 Å². The van der Waals surface area contributed by atoms with Crippen molar-refractivity contribution in [1.29, 1.82) is 0 Å². The third-order valence-electron chi connectivity index (χ3n) is 4.16. The van der Waals surface area contributed by atoms with Crippen molar-refractivity contribution in [2.45, 2.75) is 27.2 Å². The third kappa shape index (κ3) is 11.4. The van der Waals surface area contributed by atoms with Gasteiger partial charge in [0.1, 0.15) is 22.2 Å². The van der Waals surface area contributed by atoms with E-state index in [0.717, 1.165) is 11.7 Å². The molecule has 0 fully saturated rings. The predicted molar refractivity (Wildman–Crippen MR) is 124 cm³/mol. The zero-order valence-electron chi connectivity index (χ0n) is 17.3. The van der Waals surface area contributed by atoms with Crippen molar-refractivity contribution in [2.75, 3.05) is 45.8 Å². The van der Waals surface area contributed by atoms with E-state index in [-0.39, 0.29) is 35.1 Å². The summed E-state index contributed by atoms with van der Waals surface area (Å²) in [6.07, 6.45) is 1.88. The molecule has 0 atom stereocenters. The van der Waals surface area contributed by atoms with Gasteiger partial charge in [0.25, 0.3) is 0 Å². The fourth-order valence-electron chi connectivity index (χ4n) is 2.29. The molecule has 0 aliphatic carbocycles. The third-order valence-corrected chi connectivity index (χ3v) is 5.11. The highest BCUT2D eigenvalue weighted by atomic mass is 127. The zero-order chi connectivity index (χ0) is 19.8. The number of hydrogen-bond acceptors (Lipinski definition) is 4. The van der Waals surface area contributed by atoms with Crippen LogP contribution in [0.1, 0.15) is 25.8 Å². The molecule has 6 nitrogen and oxygen atoms in total. The van der Waals surface area contributed by atoms with E-state index in [1.54, 1.807) is 7.05 Å². The van der Waals surface area contributed by atoms with Gasteiger partial charge in [0.2, 0.25) is 0 Å². The van der Waals surface area contributed by atoms with Crippen LogP contribution in [0.4, 0.5) is 0 Å². The fourth-order valence-corrected chi connectivity index (χ4v) is 3.22. The number of ether oxygens (including phenoxy) is 1. The van der Waals surface area contributed by atoms with E-state index < -0.39 is 9.84 Å². The van der Waals surface area contributed by atoms with Crippen molar-refractivity contribution >= 4 is 39.8 Å². The summed E-state index contributed by atoms with van der Waals surface area (Å²) < 4.78 is 28.5. The lowest BCUT2D eigenvalue weighted by Crippen LogP contribution is -2.44. The summed E-state index contributed by atoms with van der Waals surface area (Å²) in [5.41, 5.74) is 1.07. The van der Waals surface area contributed by atoms with Gasteiger partial charge in [-0.25, -0.2) is 8.42 Å². The molecule has 1 rings (SSSR count). The summed E-state index contributed by atoms with van der Waals surface area (Å²) in [6, 6.07) is 7.98. The Labute approximate surface area is 181 Å². The largest absolute Gasteiger partial charge is 0.492 e. The first kappa shape index (κ1) is 26.0. The van der Waals surface area contributed by atoms with E-state index in [9.17, 15) is 8.42 Å². The Morgan fingerprint density at radius 3 is 2.37 bits per heavy atom. The van der Waals surface area contributed by atoms with Gasteiger partial charge in [-0.15, -0.1) is 24.0 Å². The van der Waals surface area contributed by atoms with Crippen LogP contribution in [0.5, 0.6) is 5.75 Å². The Morgan fingerprint density at radius 1 is 1.26 bits per heavy atom. The minimum atomic E-state index is -2.94. The topological polar surface area (TPSA) is 71.0 Å². The van der Waals surface area contributed by atoms with E-state index in [0.29, 0.717) is 26.1 Å². The molecule has 0 aliphatic rings. The van der Waals surface area contributed by atoms with E-state index in [1.807, 2.05) is 43.1 Å². The number of nitrogens with one attached hydrogen (secondary N) is 1. The minimum Gasteiger partial charge on any atom is -0.492 e. The Kier molecular flexibility index (Phi) is 11.3. The van der Waals surface area contributed by atoms with Crippen LogP contribution in [-0.2, 0) is 9.84 Å². The Bertz CT molecular complexity index is 689. The Morgan fingerprint density at radius 2 is 1.85 bits per heavy atom. The minimum absolute atomic E-state index is 0. The van der Waals surface area contributed by atoms with Crippen LogP contribution in [0.2, 0.25) is 0 Å².